The van der Waals surface area contributed by atoms with Crippen molar-refractivity contribution in [2.75, 3.05) is 20.1 Å². The summed E-state index contributed by atoms with van der Waals surface area (Å²) in [7, 11) is 2.19. The van der Waals surface area contributed by atoms with Gasteiger partial charge in [-0.2, -0.15) is 0 Å². The first-order chi connectivity index (χ1) is 10.8. The van der Waals surface area contributed by atoms with Crippen LogP contribution in [-0.4, -0.2) is 41.6 Å². The van der Waals surface area contributed by atoms with Crippen LogP contribution in [0, 0.1) is 0 Å². The lowest BCUT2D eigenvalue weighted by Gasteiger charge is -2.30. The SMILES string of the molecule is CN1CCC(c2cccc3c2CN(C(=O)OC(C)(C)C)C3)CC1. The molecule has 0 unspecified atom stereocenters. The zero-order valence-corrected chi connectivity index (χ0v) is 14.8. The van der Waals surface area contributed by atoms with Gasteiger partial charge in [0.2, 0.25) is 0 Å². The minimum atomic E-state index is -0.442. The van der Waals surface area contributed by atoms with Gasteiger partial charge in [-0.25, -0.2) is 4.79 Å². The van der Waals surface area contributed by atoms with Crippen LogP contribution < -0.4 is 0 Å². The summed E-state index contributed by atoms with van der Waals surface area (Å²) < 4.78 is 5.53. The Morgan fingerprint density at radius 1 is 1.17 bits per heavy atom. The molecule has 23 heavy (non-hydrogen) atoms. The standard InChI is InChI=1S/C19H28N2O2/c1-19(2,3)23-18(22)21-12-15-6-5-7-16(17(15)13-21)14-8-10-20(4)11-9-14/h5-7,14H,8-13H2,1-4H3. The summed E-state index contributed by atoms with van der Waals surface area (Å²) in [4.78, 5) is 16.6. The van der Waals surface area contributed by atoms with E-state index in [1.54, 1.807) is 0 Å². The summed E-state index contributed by atoms with van der Waals surface area (Å²) >= 11 is 0. The Morgan fingerprint density at radius 3 is 2.52 bits per heavy atom. The van der Waals surface area contributed by atoms with Crippen LogP contribution in [0.2, 0.25) is 0 Å². The number of fused-ring (bicyclic) bond motifs is 1. The molecule has 0 bridgehead atoms. The van der Waals surface area contributed by atoms with E-state index in [4.69, 9.17) is 4.74 Å². The van der Waals surface area contributed by atoms with Crippen molar-refractivity contribution in [3.8, 4) is 0 Å². The van der Waals surface area contributed by atoms with Crippen LogP contribution in [0.25, 0.3) is 0 Å². The first-order valence-corrected chi connectivity index (χ1v) is 8.60. The summed E-state index contributed by atoms with van der Waals surface area (Å²) in [6, 6.07) is 6.55. The van der Waals surface area contributed by atoms with Gasteiger partial charge in [0, 0.05) is 13.1 Å². The fourth-order valence-electron chi connectivity index (χ4n) is 3.61. The molecule has 126 valence electrons. The smallest absolute Gasteiger partial charge is 0.410 e. The lowest BCUT2D eigenvalue weighted by atomic mass is 9.85. The van der Waals surface area contributed by atoms with E-state index in [1.165, 1.54) is 29.5 Å². The molecule has 4 nitrogen and oxygen atoms in total. The summed E-state index contributed by atoms with van der Waals surface area (Å²) in [5.41, 5.74) is 3.64. The second-order valence-corrected chi connectivity index (χ2v) is 7.90. The van der Waals surface area contributed by atoms with Crippen molar-refractivity contribution in [1.82, 2.24) is 9.80 Å². The van der Waals surface area contributed by atoms with Gasteiger partial charge in [-0.15, -0.1) is 0 Å². The van der Waals surface area contributed by atoms with Gasteiger partial charge in [0.25, 0.3) is 0 Å². The van der Waals surface area contributed by atoms with E-state index in [0.717, 1.165) is 13.1 Å². The van der Waals surface area contributed by atoms with Crippen LogP contribution in [0.15, 0.2) is 18.2 Å². The number of hydrogen-bond acceptors (Lipinski definition) is 3. The summed E-state index contributed by atoms with van der Waals surface area (Å²) in [6.45, 7) is 9.42. The Balaban J connectivity index is 1.75. The Kier molecular flexibility index (Phi) is 4.37. The number of carbonyl (C=O) groups is 1. The van der Waals surface area contributed by atoms with Gasteiger partial charge in [0.05, 0.1) is 0 Å². The molecule has 0 saturated carbocycles. The number of carbonyl (C=O) groups excluding carboxylic acids is 1. The van der Waals surface area contributed by atoms with E-state index in [1.807, 2.05) is 25.7 Å². The Bertz CT molecular complexity index is 584. The number of amides is 1. The van der Waals surface area contributed by atoms with Crippen LogP contribution >= 0.6 is 0 Å². The van der Waals surface area contributed by atoms with Crippen molar-refractivity contribution in [3.05, 3.63) is 34.9 Å². The average molecular weight is 316 g/mol. The predicted octanol–water partition coefficient (Wildman–Crippen LogP) is 3.75. The normalized spacial score (nSPS) is 19.7. The van der Waals surface area contributed by atoms with Gasteiger partial charge >= 0.3 is 6.09 Å². The van der Waals surface area contributed by atoms with Crippen LogP contribution in [0.5, 0.6) is 0 Å². The largest absolute Gasteiger partial charge is 0.444 e. The molecule has 2 aliphatic heterocycles. The van der Waals surface area contributed by atoms with Crippen LogP contribution in [0.3, 0.4) is 0 Å². The topological polar surface area (TPSA) is 32.8 Å². The third kappa shape index (κ3) is 3.69. The summed E-state index contributed by atoms with van der Waals surface area (Å²) in [5, 5.41) is 0. The number of piperidine rings is 1. The maximum atomic E-state index is 12.4. The molecule has 0 atom stereocenters. The highest BCUT2D eigenvalue weighted by atomic mass is 16.6. The molecule has 1 amide bonds. The second kappa shape index (κ2) is 6.16. The number of hydrogen-bond donors (Lipinski definition) is 0. The van der Waals surface area contributed by atoms with Gasteiger partial charge in [-0.3, -0.25) is 4.90 Å². The molecule has 3 rings (SSSR count). The second-order valence-electron chi connectivity index (χ2n) is 7.90. The highest BCUT2D eigenvalue weighted by Crippen LogP contribution is 2.35. The van der Waals surface area contributed by atoms with E-state index in [9.17, 15) is 4.79 Å². The van der Waals surface area contributed by atoms with Crippen molar-refractivity contribution in [2.24, 2.45) is 0 Å². The lowest BCUT2D eigenvalue weighted by molar-refractivity contribution is 0.0241. The Morgan fingerprint density at radius 2 is 1.87 bits per heavy atom. The van der Waals surface area contributed by atoms with Gasteiger partial charge in [-0.05, 0) is 76.4 Å². The monoisotopic (exact) mass is 316 g/mol. The van der Waals surface area contributed by atoms with Crippen molar-refractivity contribution in [2.45, 2.75) is 58.2 Å². The number of likely N-dealkylation sites (tertiary alicyclic amines) is 1. The zero-order valence-electron chi connectivity index (χ0n) is 14.8. The molecule has 0 spiro atoms. The minimum Gasteiger partial charge on any atom is -0.444 e. The molecular weight excluding hydrogens is 288 g/mol. The third-order valence-corrected chi connectivity index (χ3v) is 4.83. The van der Waals surface area contributed by atoms with Crippen molar-refractivity contribution in [3.63, 3.8) is 0 Å². The molecule has 0 aliphatic carbocycles. The highest BCUT2D eigenvalue weighted by Gasteiger charge is 2.31. The number of benzene rings is 1. The van der Waals surface area contributed by atoms with E-state index in [-0.39, 0.29) is 6.09 Å². The van der Waals surface area contributed by atoms with Gasteiger partial charge in [0.15, 0.2) is 0 Å². The van der Waals surface area contributed by atoms with Crippen molar-refractivity contribution < 1.29 is 9.53 Å². The quantitative estimate of drug-likeness (QED) is 0.791. The fourth-order valence-corrected chi connectivity index (χ4v) is 3.61. The molecule has 0 N–H and O–H groups in total. The van der Waals surface area contributed by atoms with Crippen molar-refractivity contribution >= 4 is 6.09 Å². The molecule has 1 saturated heterocycles. The molecular formula is C19H28N2O2. The first-order valence-electron chi connectivity index (χ1n) is 8.60. The number of ether oxygens (including phenoxy) is 1. The molecule has 2 heterocycles. The zero-order chi connectivity index (χ0) is 16.6. The van der Waals surface area contributed by atoms with Crippen LogP contribution in [0.1, 0.15) is 56.2 Å². The van der Waals surface area contributed by atoms with E-state index in [0.29, 0.717) is 19.0 Å². The lowest BCUT2D eigenvalue weighted by Crippen LogP contribution is -2.33. The molecule has 1 fully saturated rings. The van der Waals surface area contributed by atoms with E-state index >= 15 is 0 Å². The summed E-state index contributed by atoms with van der Waals surface area (Å²) in [5.74, 6) is 0.625. The molecule has 1 aromatic rings. The van der Waals surface area contributed by atoms with Gasteiger partial charge in [0.1, 0.15) is 5.60 Å². The van der Waals surface area contributed by atoms with Crippen molar-refractivity contribution in [1.29, 1.82) is 0 Å². The predicted molar refractivity (Wildman–Crippen MR) is 91.4 cm³/mol. The van der Waals surface area contributed by atoms with Crippen LogP contribution in [0.4, 0.5) is 4.79 Å². The average Bonchev–Trinajstić information content (AvgIpc) is 2.90. The maximum absolute atomic E-state index is 12.4. The molecule has 1 aromatic carbocycles. The van der Waals surface area contributed by atoms with Crippen LogP contribution in [-0.2, 0) is 17.8 Å². The summed E-state index contributed by atoms with van der Waals surface area (Å²) in [6.07, 6.45) is 2.21. The van der Waals surface area contributed by atoms with Gasteiger partial charge < -0.3 is 9.64 Å². The Labute approximate surface area is 139 Å². The Hall–Kier alpha value is -1.55. The highest BCUT2D eigenvalue weighted by molar-refractivity contribution is 5.69. The first kappa shape index (κ1) is 16.3. The number of nitrogens with zero attached hydrogens (tertiary/aromatic N) is 2. The fraction of sp³-hybridized carbons (Fsp3) is 0.632. The minimum absolute atomic E-state index is 0.206. The van der Waals surface area contributed by atoms with E-state index in [2.05, 4.69) is 30.1 Å². The molecule has 4 heteroatoms. The molecule has 0 radical (unpaired) electrons. The van der Waals surface area contributed by atoms with Gasteiger partial charge in [-0.1, -0.05) is 18.2 Å². The third-order valence-electron chi connectivity index (χ3n) is 4.83. The van der Waals surface area contributed by atoms with E-state index < -0.39 is 5.60 Å². The maximum Gasteiger partial charge on any atom is 0.410 e. The molecule has 2 aliphatic rings. The number of rotatable bonds is 1. The molecule has 0 aromatic heterocycles.